The Morgan fingerprint density at radius 2 is 2.16 bits per heavy atom. The maximum Gasteiger partial charge on any atom is 0.190 e. The minimum Gasteiger partial charge on any atom is -0.386 e. The van der Waals surface area contributed by atoms with E-state index in [9.17, 15) is 9.90 Å². The van der Waals surface area contributed by atoms with Gasteiger partial charge in [0.2, 0.25) is 0 Å². The molecule has 19 heavy (non-hydrogen) atoms. The van der Waals surface area contributed by atoms with Crippen LogP contribution in [0.2, 0.25) is 0 Å². The molecule has 2 fully saturated rings. The first-order chi connectivity index (χ1) is 9.18. The van der Waals surface area contributed by atoms with E-state index in [1.54, 1.807) is 0 Å². The molecule has 0 saturated carbocycles. The van der Waals surface area contributed by atoms with E-state index in [0.29, 0.717) is 11.8 Å². The van der Waals surface area contributed by atoms with Crippen LogP contribution in [0.5, 0.6) is 0 Å². The second-order valence-corrected chi connectivity index (χ2v) is 6.39. The number of rotatable bonds is 0. The third kappa shape index (κ3) is 1.10. The summed E-state index contributed by atoms with van der Waals surface area (Å²) in [6.45, 7) is 2.05. The SMILES string of the molecule is C[C@H]1O[C@H]2C3=C(C(=O)[C@@H]4O[C@@H]4[C@H]3O)[C@@H]1[C@@H]1CC=C[C@@H]12. The molecule has 0 unspecified atom stereocenters. The highest BCUT2D eigenvalue weighted by atomic mass is 16.6. The van der Waals surface area contributed by atoms with Gasteiger partial charge in [0.25, 0.3) is 0 Å². The standard InChI is InChI=1S/C15H16O4/c1-5-8-6-3-2-4-7(6)13(18-5)10-9(8)11(16)14-15(19-14)12(10)17/h2,4-8,12-15,17H,3H2,1H3/t5-,6-,7+,8+,12+,13-,14+,15-/m1/s1. The van der Waals surface area contributed by atoms with Crippen molar-refractivity contribution in [2.24, 2.45) is 17.8 Å². The Morgan fingerprint density at radius 3 is 3.00 bits per heavy atom. The van der Waals surface area contributed by atoms with Crippen LogP contribution in [-0.2, 0) is 14.3 Å². The van der Waals surface area contributed by atoms with Crippen molar-refractivity contribution in [1.82, 2.24) is 0 Å². The Labute approximate surface area is 111 Å². The van der Waals surface area contributed by atoms with Gasteiger partial charge in [-0.25, -0.2) is 0 Å². The Balaban J connectivity index is 1.72. The largest absolute Gasteiger partial charge is 0.386 e. The lowest BCUT2D eigenvalue weighted by molar-refractivity contribution is -0.135. The lowest BCUT2D eigenvalue weighted by Gasteiger charge is -2.52. The van der Waals surface area contributed by atoms with Gasteiger partial charge >= 0.3 is 0 Å². The minimum atomic E-state index is -0.646. The van der Waals surface area contributed by atoms with Gasteiger partial charge in [0.15, 0.2) is 5.78 Å². The number of fused-ring (bicyclic) bond motifs is 2. The van der Waals surface area contributed by atoms with Crippen LogP contribution in [-0.4, -0.2) is 41.4 Å². The monoisotopic (exact) mass is 260 g/mol. The molecule has 0 spiro atoms. The highest BCUT2D eigenvalue weighted by Gasteiger charge is 2.64. The number of ether oxygens (including phenoxy) is 2. The number of hydrogen-bond acceptors (Lipinski definition) is 4. The number of aliphatic hydroxyl groups excluding tert-OH is 1. The molecule has 0 aromatic rings. The molecule has 4 heteroatoms. The van der Waals surface area contributed by atoms with Crippen molar-refractivity contribution < 1.29 is 19.4 Å². The molecule has 100 valence electrons. The first kappa shape index (κ1) is 10.8. The number of hydrogen-bond donors (Lipinski definition) is 1. The van der Waals surface area contributed by atoms with Crippen LogP contribution in [0.4, 0.5) is 0 Å². The van der Waals surface area contributed by atoms with Crippen LogP contribution in [0.1, 0.15) is 13.3 Å². The molecule has 6 aliphatic rings. The summed E-state index contributed by atoms with van der Waals surface area (Å²) in [5.41, 5.74) is 1.68. The molecular weight excluding hydrogens is 244 g/mol. The van der Waals surface area contributed by atoms with Gasteiger partial charge in [-0.15, -0.1) is 0 Å². The van der Waals surface area contributed by atoms with Crippen LogP contribution in [0.15, 0.2) is 23.3 Å². The van der Waals surface area contributed by atoms with E-state index in [4.69, 9.17) is 9.47 Å². The fourth-order valence-electron chi connectivity index (χ4n) is 4.77. The number of carbonyl (C=O) groups is 1. The Morgan fingerprint density at radius 1 is 1.32 bits per heavy atom. The Hall–Kier alpha value is -0.970. The second-order valence-electron chi connectivity index (χ2n) is 6.39. The zero-order valence-electron chi connectivity index (χ0n) is 10.7. The Kier molecular flexibility index (Phi) is 1.81. The van der Waals surface area contributed by atoms with Gasteiger partial charge in [-0.3, -0.25) is 4.79 Å². The van der Waals surface area contributed by atoms with Gasteiger partial charge in [0, 0.05) is 17.4 Å². The molecule has 0 aromatic heterocycles. The lowest BCUT2D eigenvalue weighted by atomic mass is 9.60. The third-order valence-corrected chi connectivity index (χ3v) is 5.57. The summed E-state index contributed by atoms with van der Waals surface area (Å²) in [4.78, 5) is 12.5. The number of ketones is 1. The summed E-state index contributed by atoms with van der Waals surface area (Å²) in [5, 5.41) is 10.4. The smallest absolute Gasteiger partial charge is 0.190 e. The molecule has 0 amide bonds. The number of aliphatic hydroxyl groups is 1. The van der Waals surface area contributed by atoms with Crippen LogP contribution < -0.4 is 0 Å². The molecule has 0 radical (unpaired) electrons. The molecule has 6 rings (SSSR count). The highest BCUT2D eigenvalue weighted by Crippen LogP contribution is 2.57. The van der Waals surface area contributed by atoms with Gasteiger partial charge in [-0.1, -0.05) is 12.2 Å². The second kappa shape index (κ2) is 3.19. The molecule has 3 aliphatic heterocycles. The van der Waals surface area contributed by atoms with Gasteiger partial charge in [-0.2, -0.15) is 0 Å². The maximum absolute atomic E-state index is 12.5. The number of carbonyl (C=O) groups excluding carboxylic acids is 1. The number of Topliss-reactive ketones (excluding diaryl/α,β-unsaturated/α-hetero) is 1. The summed E-state index contributed by atoms with van der Waals surface area (Å²) in [7, 11) is 0. The Bertz CT molecular complexity index is 548. The van der Waals surface area contributed by atoms with Crippen LogP contribution in [0.3, 0.4) is 0 Å². The summed E-state index contributed by atoms with van der Waals surface area (Å²) < 4.78 is 11.4. The van der Waals surface area contributed by atoms with Crippen LogP contribution in [0, 0.1) is 17.8 Å². The van der Waals surface area contributed by atoms with Crippen molar-refractivity contribution in [2.45, 2.75) is 43.9 Å². The van der Waals surface area contributed by atoms with Crippen molar-refractivity contribution >= 4 is 5.78 Å². The maximum atomic E-state index is 12.5. The molecule has 0 aromatic carbocycles. The van der Waals surface area contributed by atoms with Crippen molar-refractivity contribution in [3.63, 3.8) is 0 Å². The highest BCUT2D eigenvalue weighted by molar-refractivity contribution is 6.04. The first-order valence-corrected chi connectivity index (χ1v) is 7.12. The molecular formula is C15H16O4. The normalized spacial score (nSPS) is 57.1. The van der Waals surface area contributed by atoms with Crippen molar-refractivity contribution in [3.8, 4) is 0 Å². The summed E-state index contributed by atoms with van der Waals surface area (Å²) in [5.74, 6) is 1.05. The van der Waals surface area contributed by atoms with Crippen molar-refractivity contribution in [3.05, 3.63) is 23.3 Å². The van der Waals surface area contributed by atoms with Crippen molar-refractivity contribution in [2.75, 3.05) is 0 Å². The average Bonchev–Trinajstić information content (AvgIpc) is 3.05. The summed E-state index contributed by atoms with van der Waals surface area (Å²) in [6, 6.07) is 0. The van der Waals surface area contributed by atoms with Gasteiger partial charge in [-0.05, 0) is 24.8 Å². The van der Waals surface area contributed by atoms with E-state index >= 15 is 0 Å². The van der Waals surface area contributed by atoms with E-state index in [1.807, 2.05) is 0 Å². The van der Waals surface area contributed by atoms with Gasteiger partial charge in [0.05, 0.1) is 12.2 Å². The van der Waals surface area contributed by atoms with Gasteiger partial charge in [0.1, 0.15) is 18.3 Å². The zero-order chi connectivity index (χ0) is 12.9. The molecule has 2 saturated heterocycles. The summed E-state index contributed by atoms with van der Waals surface area (Å²) >= 11 is 0. The topological polar surface area (TPSA) is 59.1 Å². The third-order valence-electron chi connectivity index (χ3n) is 5.57. The molecule has 8 atom stereocenters. The van der Waals surface area contributed by atoms with E-state index in [1.165, 1.54) is 0 Å². The van der Waals surface area contributed by atoms with E-state index in [-0.39, 0.29) is 36.1 Å². The van der Waals surface area contributed by atoms with E-state index in [0.717, 1.165) is 17.6 Å². The minimum absolute atomic E-state index is 0.0661. The van der Waals surface area contributed by atoms with Gasteiger partial charge < -0.3 is 14.6 Å². The fraction of sp³-hybridized carbons (Fsp3) is 0.667. The van der Waals surface area contributed by atoms with Crippen LogP contribution >= 0.6 is 0 Å². The predicted molar refractivity (Wildman–Crippen MR) is 65.3 cm³/mol. The number of allylic oxidation sites excluding steroid dienone is 1. The zero-order valence-corrected chi connectivity index (χ0v) is 10.7. The molecule has 3 aliphatic carbocycles. The van der Waals surface area contributed by atoms with Crippen molar-refractivity contribution in [1.29, 1.82) is 0 Å². The fourth-order valence-corrected chi connectivity index (χ4v) is 4.77. The molecule has 2 bridgehead atoms. The quantitative estimate of drug-likeness (QED) is 0.512. The first-order valence-electron chi connectivity index (χ1n) is 7.12. The van der Waals surface area contributed by atoms with E-state index < -0.39 is 6.10 Å². The number of epoxide rings is 1. The molecule has 4 nitrogen and oxygen atoms in total. The predicted octanol–water partition coefficient (Wildman–Crippen LogP) is 0.603. The summed E-state index contributed by atoms with van der Waals surface area (Å²) in [6.07, 6.45) is 4.03. The molecule has 1 N–H and O–H groups in total. The lowest BCUT2D eigenvalue weighted by Crippen LogP contribution is -2.57. The molecule has 3 heterocycles. The van der Waals surface area contributed by atoms with Crippen LogP contribution in [0.25, 0.3) is 0 Å². The van der Waals surface area contributed by atoms with E-state index in [2.05, 4.69) is 19.1 Å². The average molecular weight is 260 g/mol.